The van der Waals surface area contributed by atoms with Gasteiger partial charge in [-0.05, 0) is 56.1 Å². The molecule has 1 aliphatic carbocycles. The van der Waals surface area contributed by atoms with Gasteiger partial charge in [0.05, 0.1) is 6.54 Å². The molecule has 0 unspecified atom stereocenters. The van der Waals surface area contributed by atoms with E-state index < -0.39 is 0 Å². The molecule has 2 heterocycles. The number of carbonyl (C=O) groups excluding carboxylic acids is 1. The first kappa shape index (κ1) is 13.6. The quantitative estimate of drug-likeness (QED) is 0.680. The third kappa shape index (κ3) is 2.73. The standard InChI is InChI=1S/C17H24N2O/c1-12-3-2-4-15(17(12)18)16(20)11-19-9-13-5-6-14(10-19)8-7-13/h2-4,13-14H,5-11,18H2,1H3. The summed E-state index contributed by atoms with van der Waals surface area (Å²) >= 11 is 0. The van der Waals surface area contributed by atoms with E-state index in [-0.39, 0.29) is 5.78 Å². The number of ketones is 1. The molecule has 4 rings (SSSR count). The minimum absolute atomic E-state index is 0.174. The van der Waals surface area contributed by atoms with Crippen LogP contribution in [0.5, 0.6) is 0 Å². The lowest BCUT2D eigenvalue weighted by atomic mass is 9.84. The fraction of sp³-hybridized carbons (Fsp3) is 0.588. The average molecular weight is 272 g/mol. The van der Waals surface area contributed by atoms with Gasteiger partial charge in [0.1, 0.15) is 0 Å². The predicted molar refractivity (Wildman–Crippen MR) is 81.8 cm³/mol. The Balaban J connectivity index is 1.71. The molecule has 108 valence electrons. The third-order valence-electron chi connectivity index (χ3n) is 4.99. The Labute approximate surface area is 121 Å². The molecule has 1 aromatic rings. The number of hydrogen-bond donors (Lipinski definition) is 1. The highest BCUT2D eigenvalue weighted by molar-refractivity contribution is 6.02. The van der Waals surface area contributed by atoms with E-state index in [4.69, 9.17) is 5.73 Å². The molecule has 2 saturated heterocycles. The smallest absolute Gasteiger partial charge is 0.178 e. The van der Waals surface area contributed by atoms with Crippen molar-refractivity contribution < 1.29 is 4.79 Å². The number of rotatable bonds is 3. The summed E-state index contributed by atoms with van der Waals surface area (Å²) in [6.45, 7) is 4.67. The van der Waals surface area contributed by atoms with Gasteiger partial charge in [0, 0.05) is 24.3 Å². The maximum Gasteiger partial charge on any atom is 0.178 e. The van der Waals surface area contributed by atoms with E-state index in [1.165, 1.54) is 25.7 Å². The van der Waals surface area contributed by atoms with Gasteiger partial charge in [0.2, 0.25) is 0 Å². The van der Waals surface area contributed by atoms with Crippen molar-refractivity contribution in [2.24, 2.45) is 11.8 Å². The number of Topliss-reactive ketones (excluding diaryl/α,β-unsaturated/α-hetero) is 1. The normalized spacial score (nSPS) is 26.4. The average Bonchev–Trinajstić information content (AvgIpc) is 2.73. The molecule has 0 spiro atoms. The molecule has 2 bridgehead atoms. The van der Waals surface area contributed by atoms with E-state index in [1.54, 1.807) is 0 Å². The van der Waals surface area contributed by atoms with Gasteiger partial charge in [0.15, 0.2) is 5.78 Å². The van der Waals surface area contributed by atoms with Gasteiger partial charge >= 0.3 is 0 Å². The molecule has 20 heavy (non-hydrogen) atoms. The molecule has 0 radical (unpaired) electrons. The Morgan fingerprint density at radius 2 is 1.80 bits per heavy atom. The number of para-hydroxylation sites is 1. The van der Waals surface area contributed by atoms with Gasteiger partial charge in [-0.2, -0.15) is 0 Å². The fourth-order valence-corrected chi connectivity index (χ4v) is 3.74. The van der Waals surface area contributed by atoms with Crippen LogP contribution >= 0.6 is 0 Å². The van der Waals surface area contributed by atoms with Crippen LogP contribution in [0.4, 0.5) is 5.69 Å². The van der Waals surface area contributed by atoms with E-state index in [0.29, 0.717) is 17.8 Å². The van der Waals surface area contributed by atoms with E-state index in [0.717, 1.165) is 30.5 Å². The van der Waals surface area contributed by atoms with E-state index in [2.05, 4.69) is 4.90 Å². The topological polar surface area (TPSA) is 46.3 Å². The van der Waals surface area contributed by atoms with Crippen LogP contribution in [-0.2, 0) is 0 Å². The van der Waals surface area contributed by atoms with Crippen LogP contribution in [0.1, 0.15) is 41.6 Å². The number of carbonyl (C=O) groups is 1. The molecular formula is C17H24N2O. The van der Waals surface area contributed by atoms with Gasteiger partial charge in [-0.3, -0.25) is 9.69 Å². The molecule has 3 fully saturated rings. The molecule has 1 saturated carbocycles. The fourth-order valence-electron chi connectivity index (χ4n) is 3.74. The van der Waals surface area contributed by atoms with Gasteiger partial charge in [-0.1, -0.05) is 12.1 Å². The van der Waals surface area contributed by atoms with Crippen molar-refractivity contribution >= 4 is 11.5 Å². The SMILES string of the molecule is Cc1cccc(C(=O)CN2CC3CCC(CC3)C2)c1N. The number of hydrogen-bond acceptors (Lipinski definition) is 3. The zero-order chi connectivity index (χ0) is 14.1. The second-order valence-electron chi connectivity index (χ2n) is 6.54. The molecule has 0 amide bonds. The monoisotopic (exact) mass is 272 g/mol. The highest BCUT2D eigenvalue weighted by Crippen LogP contribution is 2.33. The largest absolute Gasteiger partial charge is 0.398 e. The molecule has 3 heteroatoms. The molecule has 0 atom stereocenters. The summed E-state index contributed by atoms with van der Waals surface area (Å²) in [6.07, 6.45) is 5.40. The van der Waals surface area contributed by atoms with Crippen molar-refractivity contribution in [1.29, 1.82) is 0 Å². The van der Waals surface area contributed by atoms with Crippen LogP contribution in [0.3, 0.4) is 0 Å². The Kier molecular flexibility index (Phi) is 3.79. The summed E-state index contributed by atoms with van der Waals surface area (Å²) in [5.74, 6) is 1.78. The molecule has 1 aromatic carbocycles. The summed E-state index contributed by atoms with van der Waals surface area (Å²) in [5.41, 5.74) is 8.38. The Morgan fingerprint density at radius 1 is 1.20 bits per heavy atom. The number of nitrogens with zero attached hydrogens (tertiary/aromatic N) is 1. The Hall–Kier alpha value is -1.35. The van der Waals surface area contributed by atoms with Gasteiger partial charge in [0.25, 0.3) is 0 Å². The maximum atomic E-state index is 12.5. The molecule has 0 aromatic heterocycles. The van der Waals surface area contributed by atoms with Gasteiger partial charge in [-0.25, -0.2) is 0 Å². The van der Waals surface area contributed by atoms with Crippen LogP contribution in [0.25, 0.3) is 0 Å². The molecule has 2 N–H and O–H groups in total. The lowest BCUT2D eigenvalue weighted by Gasteiger charge is -2.21. The minimum atomic E-state index is 0.174. The molecule has 3 nitrogen and oxygen atoms in total. The summed E-state index contributed by atoms with van der Waals surface area (Å²) in [5, 5.41) is 0. The summed E-state index contributed by atoms with van der Waals surface area (Å²) in [4.78, 5) is 14.9. The Bertz CT molecular complexity index is 490. The summed E-state index contributed by atoms with van der Waals surface area (Å²) in [6, 6.07) is 5.74. The van der Waals surface area contributed by atoms with Crippen LogP contribution in [0.2, 0.25) is 0 Å². The first-order valence-electron chi connectivity index (χ1n) is 7.74. The lowest BCUT2D eigenvalue weighted by Crippen LogP contribution is -2.33. The number of nitrogen functional groups attached to an aromatic ring is 1. The van der Waals surface area contributed by atoms with Crippen molar-refractivity contribution in [2.45, 2.75) is 32.6 Å². The zero-order valence-electron chi connectivity index (χ0n) is 12.3. The van der Waals surface area contributed by atoms with E-state index >= 15 is 0 Å². The second kappa shape index (κ2) is 5.57. The van der Waals surface area contributed by atoms with Crippen molar-refractivity contribution in [1.82, 2.24) is 4.90 Å². The maximum absolute atomic E-state index is 12.5. The lowest BCUT2D eigenvalue weighted by molar-refractivity contribution is 0.0924. The highest BCUT2D eigenvalue weighted by atomic mass is 16.1. The van der Waals surface area contributed by atoms with Crippen LogP contribution in [0.15, 0.2) is 18.2 Å². The molecule has 2 aliphatic heterocycles. The first-order valence-corrected chi connectivity index (χ1v) is 7.74. The summed E-state index contributed by atoms with van der Waals surface area (Å²) in [7, 11) is 0. The number of anilines is 1. The van der Waals surface area contributed by atoms with Crippen LogP contribution in [0, 0.1) is 18.8 Å². The number of aryl methyl sites for hydroxylation is 1. The predicted octanol–water partition coefficient (Wildman–Crippen LogP) is 2.88. The molecule has 3 aliphatic rings. The first-order chi connectivity index (χ1) is 9.63. The van der Waals surface area contributed by atoms with Crippen molar-refractivity contribution in [3.8, 4) is 0 Å². The van der Waals surface area contributed by atoms with Crippen molar-refractivity contribution in [3.63, 3.8) is 0 Å². The van der Waals surface area contributed by atoms with Gasteiger partial charge < -0.3 is 5.73 Å². The van der Waals surface area contributed by atoms with Crippen molar-refractivity contribution in [3.05, 3.63) is 29.3 Å². The number of nitrogens with two attached hydrogens (primary N) is 1. The van der Waals surface area contributed by atoms with Crippen molar-refractivity contribution in [2.75, 3.05) is 25.4 Å². The van der Waals surface area contributed by atoms with E-state index in [1.807, 2.05) is 25.1 Å². The summed E-state index contributed by atoms with van der Waals surface area (Å²) < 4.78 is 0. The molecular weight excluding hydrogens is 248 g/mol. The number of fused-ring (bicyclic) bond motifs is 4. The third-order valence-corrected chi connectivity index (χ3v) is 4.99. The minimum Gasteiger partial charge on any atom is -0.398 e. The zero-order valence-corrected chi connectivity index (χ0v) is 12.3. The van der Waals surface area contributed by atoms with Crippen LogP contribution in [-0.4, -0.2) is 30.3 Å². The van der Waals surface area contributed by atoms with E-state index in [9.17, 15) is 4.79 Å². The van der Waals surface area contributed by atoms with Crippen LogP contribution < -0.4 is 5.73 Å². The number of benzene rings is 1. The second-order valence-corrected chi connectivity index (χ2v) is 6.54. The Morgan fingerprint density at radius 3 is 2.40 bits per heavy atom. The van der Waals surface area contributed by atoms with Gasteiger partial charge in [-0.15, -0.1) is 0 Å². The highest BCUT2D eigenvalue weighted by Gasteiger charge is 2.30.